The van der Waals surface area contributed by atoms with Crippen LogP contribution in [0.2, 0.25) is 5.02 Å². The first-order valence-electron chi connectivity index (χ1n) is 5.96. The van der Waals surface area contributed by atoms with E-state index in [0.717, 1.165) is 0 Å². The predicted molar refractivity (Wildman–Crippen MR) is 78.3 cm³/mol. The van der Waals surface area contributed by atoms with E-state index in [1.807, 2.05) is 0 Å². The largest absolute Gasteiger partial charge is 0.478 e. The van der Waals surface area contributed by atoms with Gasteiger partial charge in [0.25, 0.3) is 0 Å². The number of aromatic nitrogens is 1. The second-order valence-corrected chi connectivity index (χ2v) is 6.89. The van der Waals surface area contributed by atoms with Crippen LogP contribution in [-0.2, 0) is 15.6 Å². The molecule has 2 rings (SSSR count). The highest BCUT2D eigenvalue weighted by atomic mass is 35.5. The molecule has 0 aliphatic rings. The highest BCUT2D eigenvalue weighted by molar-refractivity contribution is 7.90. The summed E-state index contributed by atoms with van der Waals surface area (Å²) in [5, 5.41) is 9.18. The van der Waals surface area contributed by atoms with Crippen LogP contribution in [0.5, 0.6) is 0 Å². The molecule has 0 unspecified atom stereocenters. The van der Waals surface area contributed by atoms with Crippen molar-refractivity contribution in [3.05, 3.63) is 58.4 Å². The third kappa shape index (κ3) is 3.40. The molecule has 0 saturated carbocycles. The summed E-state index contributed by atoms with van der Waals surface area (Å²) >= 11 is 5.84. The van der Waals surface area contributed by atoms with Crippen LogP contribution < -0.4 is 0 Å². The molecule has 0 atom stereocenters. The van der Waals surface area contributed by atoms with Crippen LogP contribution in [0.3, 0.4) is 0 Å². The fourth-order valence-electron chi connectivity index (χ4n) is 1.98. The lowest BCUT2D eigenvalue weighted by Crippen LogP contribution is -2.10. The number of sulfone groups is 1. The van der Waals surface area contributed by atoms with E-state index in [9.17, 15) is 13.2 Å². The van der Waals surface area contributed by atoms with Gasteiger partial charge in [-0.25, -0.2) is 13.2 Å². The number of hydrogen-bond acceptors (Lipinski definition) is 4. The predicted octanol–water partition coefficient (Wildman–Crippen LogP) is 2.72. The Bertz CT molecular complexity index is 788. The topological polar surface area (TPSA) is 84.3 Å². The van der Waals surface area contributed by atoms with Gasteiger partial charge in [0.05, 0.1) is 16.2 Å². The molecule has 1 aromatic heterocycles. The van der Waals surface area contributed by atoms with Crippen LogP contribution in [0.25, 0.3) is 0 Å². The minimum atomic E-state index is -3.70. The van der Waals surface area contributed by atoms with E-state index >= 15 is 0 Å². The first kappa shape index (κ1) is 15.5. The average molecular weight is 326 g/mol. The van der Waals surface area contributed by atoms with Crippen LogP contribution in [0.15, 0.2) is 41.6 Å². The van der Waals surface area contributed by atoms with Crippen molar-refractivity contribution >= 4 is 27.4 Å². The van der Waals surface area contributed by atoms with Crippen LogP contribution in [0.4, 0.5) is 0 Å². The van der Waals surface area contributed by atoms with E-state index in [0.29, 0.717) is 5.56 Å². The van der Waals surface area contributed by atoms with Gasteiger partial charge in [0.2, 0.25) is 0 Å². The number of halogens is 1. The highest BCUT2D eigenvalue weighted by Gasteiger charge is 2.22. The maximum atomic E-state index is 12.5. The van der Waals surface area contributed by atoms with E-state index in [1.54, 1.807) is 12.1 Å². The maximum Gasteiger partial charge on any atom is 0.336 e. The molecule has 5 nitrogen and oxygen atoms in total. The number of carboxylic acid groups (broad SMARTS) is 1. The molecule has 0 aliphatic carbocycles. The van der Waals surface area contributed by atoms with Gasteiger partial charge < -0.3 is 5.11 Å². The van der Waals surface area contributed by atoms with Gasteiger partial charge >= 0.3 is 5.97 Å². The van der Waals surface area contributed by atoms with Gasteiger partial charge in [0, 0.05) is 17.4 Å². The molecule has 0 radical (unpaired) electrons. The van der Waals surface area contributed by atoms with Crippen molar-refractivity contribution < 1.29 is 18.3 Å². The summed E-state index contributed by atoms with van der Waals surface area (Å²) in [6.45, 7) is 1.46. The monoisotopic (exact) mass is 325 g/mol. The number of nitrogens with zero attached hydrogens (tertiary/aromatic N) is 1. The van der Waals surface area contributed by atoms with Gasteiger partial charge in [-0.3, -0.25) is 4.98 Å². The molecule has 1 aromatic carbocycles. The first-order valence-corrected chi connectivity index (χ1v) is 7.99. The van der Waals surface area contributed by atoms with Crippen LogP contribution in [0.1, 0.15) is 21.5 Å². The molecule has 7 heteroatoms. The van der Waals surface area contributed by atoms with Crippen molar-refractivity contribution in [1.82, 2.24) is 4.98 Å². The Morgan fingerprint density at radius 1 is 1.29 bits per heavy atom. The molecule has 0 amide bonds. The summed E-state index contributed by atoms with van der Waals surface area (Å²) in [5.41, 5.74) is 0.637. The summed E-state index contributed by atoms with van der Waals surface area (Å²) in [6.07, 6.45) is 3.00. The Hall–Kier alpha value is -1.92. The minimum absolute atomic E-state index is 0.0655. The van der Waals surface area contributed by atoms with Crippen LogP contribution >= 0.6 is 11.6 Å². The standard InChI is InChI=1S/C14H12ClNO4S/c1-9-12(14(17)18)6-11(15)7-13(9)21(19,20)8-10-2-4-16-5-3-10/h2-7H,8H2,1H3,(H,17,18). The summed E-state index contributed by atoms with van der Waals surface area (Å²) in [4.78, 5) is 14.9. The Morgan fingerprint density at radius 3 is 2.48 bits per heavy atom. The molecule has 1 N–H and O–H groups in total. The second-order valence-electron chi connectivity index (χ2n) is 4.50. The lowest BCUT2D eigenvalue weighted by atomic mass is 10.1. The number of aromatic carboxylic acids is 1. The van der Waals surface area contributed by atoms with Gasteiger partial charge in [0.1, 0.15) is 0 Å². The normalized spacial score (nSPS) is 11.3. The maximum absolute atomic E-state index is 12.5. The zero-order valence-corrected chi connectivity index (χ0v) is 12.6. The number of carbonyl (C=O) groups is 1. The van der Waals surface area contributed by atoms with Gasteiger partial charge in [0.15, 0.2) is 9.84 Å². The molecular formula is C14H12ClNO4S. The Balaban J connectivity index is 2.53. The molecule has 0 saturated heterocycles. The SMILES string of the molecule is Cc1c(C(=O)O)cc(Cl)cc1S(=O)(=O)Cc1ccncc1. The lowest BCUT2D eigenvalue weighted by molar-refractivity contribution is 0.0696. The molecule has 21 heavy (non-hydrogen) atoms. The fraction of sp³-hybridized carbons (Fsp3) is 0.143. The molecule has 2 aromatic rings. The molecule has 110 valence electrons. The lowest BCUT2D eigenvalue weighted by Gasteiger charge is -2.11. The molecule has 0 spiro atoms. The molecule has 0 aliphatic heterocycles. The van der Waals surface area contributed by atoms with Crippen molar-refractivity contribution in [2.24, 2.45) is 0 Å². The fourth-order valence-corrected chi connectivity index (χ4v) is 3.93. The number of pyridine rings is 1. The van der Waals surface area contributed by atoms with Crippen molar-refractivity contribution in [2.45, 2.75) is 17.6 Å². The van der Waals surface area contributed by atoms with Gasteiger partial charge in [-0.2, -0.15) is 0 Å². The third-order valence-electron chi connectivity index (χ3n) is 3.00. The smallest absolute Gasteiger partial charge is 0.336 e. The summed E-state index contributed by atoms with van der Waals surface area (Å²) < 4.78 is 25.0. The van der Waals surface area contributed by atoms with Gasteiger partial charge in [-0.05, 0) is 42.3 Å². The van der Waals surface area contributed by atoms with E-state index < -0.39 is 15.8 Å². The van der Waals surface area contributed by atoms with Crippen LogP contribution in [0, 0.1) is 6.92 Å². The van der Waals surface area contributed by atoms with Crippen molar-refractivity contribution in [3.63, 3.8) is 0 Å². The summed E-state index contributed by atoms with van der Waals surface area (Å²) in [7, 11) is -3.70. The van der Waals surface area contributed by atoms with Gasteiger partial charge in [-0.1, -0.05) is 11.6 Å². The number of rotatable bonds is 4. The zero-order valence-electron chi connectivity index (χ0n) is 11.1. The van der Waals surface area contributed by atoms with Crippen molar-refractivity contribution in [1.29, 1.82) is 0 Å². The Kier molecular flexibility index (Phi) is 4.29. The van der Waals surface area contributed by atoms with E-state index in [2.05, 4.69) is 4.98 Å². The minimum Gasteiger partial charge on any atom is -0.478 e. The van der Waals surface area contributed by atoms with Crippen molar-refractivity contribution in [3.8, 4) is 0 Å². The van der Waals surface area contributed by atoms with E-state index in [-0.39, 0.29) is 26.8 Å². The van der Waals surface area contributed by atoms with Crippen molar-refractivity contribution in [2.75, 3.05) is 0 Å². The number of hydrogen-bond donors (Lipinski definition) is 1. The highest BCUT2D eigenvalue weighted by Crippen LogP contribution is 2.27. The summed E-state index contributed by atoms with van der Waals surface area (Å²) in [6, 6.07) is 5.70. The first-order chi connectivity index (χ1) is 9.81. The third-order valence-corrected chi connectivity index (χ3v) is 5.02. The molecule has 0 bridgehead atoms. The Morgan fingerprint density at radius 2 is 1.90 bits per heavy atom. The quantitative estimate of drug-likeness (QED) is 0.934. The molecule has 1 heterocycles. The zero-order chi connectivity index (χ0) is 15.6. The van der Waals surface area contributed by atoms with E-state index in [4.69, 9.17) is 16.7 Å². The number of benzene rings is 1. The summed E-state index contributed by atoms with van der Waals surface area (Å²) in [5.74, 6) is -1.45. The second kappa shape index (κ2) is 5.83. The number of carboxylic acids is 1. The molecule has 0 fully saturated rings. The van der Waals surface area contributed by atoms with Crippen LogP contribution in [-0.4, -0.2) is 24.5 Å². The average Bonchev–Trinajstić information content (AvgIpc) is 2.41. The van der Waals surface area contributed by atoms with Gasteiger partial charge in [-0.15, -0.1) is 0 Å². The molecular weight excluding hydrogens is 314 g/mol. The van der Waals surface area contributed by atoms with E-state index in [1.165, 1.54) is 31.5 Å². The Labute approximate surface area is 127 Å².